The number of thiazole rings is 1. The zero-order valence-electron chi connectivity index (χ0n) is 7.09. The Morgan fingerprint density at radius 1 is 1.38 bits per heavy atom. The Morgan fingerprint density at radius 3 is 2.69 bits per heavy atom. The van der Waals surface area contributed by atoms with Crippen LogP contribution in [0.1, 0.15) is 0 Å². The van der Waals surface area contributed by atoms with Crippen molar-refractivity contribution in [2.45, 2.75) is 0 Å². The van der Waals surface area contributed by atoms with E-state index < -0.39 is 0 Å². The number of hydrogen-bond acceptors (Lipinski definition) is 5. The normalized spacial score (nSPS) is 17.5. The fourth-order valence-electron chi connectivity index (χ4n) is 1.34. The molecule has 0 amide bonds. The van der Waals surface area contributed by atoms with Gasteiger partial charge >= 0.3 is 0 Å². The lowest BCUT2D eigenvalue weighted by molar-refractivity contribution is 0.266. The monoisotopic (exact) mass is 198 g/mol. The first-order valence-electron chi connectivity index (χ1n) is 4.13. The maximum absolute atomic E-state index is 10.2. The number of rotatable bonds is 2. The van der Waals surface area contributed by atoms with Gasteiger partial charge in [0.25, 0.3) is 0 Å². The Morgan fingerprint density at radius 2 is 2.15 bits per heavy atom. The summed E-state index contributed by atoms with van der Waals surface area (Å²) < 4.78 is 0. The van der Waals surface area contributed by atoms with Crippen molar-refractivity contribution in [2.75, 3.05) is 31.1 Å². The van der Waals surface area contributed by atoms with E-state index in [1.54, 1.807) is 22.5 Å². The SMILES string of the molecule is O=NN1CCN(c2nccs2)CC1. The first-order chi connectivity index (χ1) is 6.40. The summed E-state index contributed by atoms with van der Waals surface area (Å²) in [6, 6.07) is 0. The summed E-state index contributed by atoms with van der Waals surface area (Å²) in [6.45, 7) is 3.06. The molecule has 1 fully saturated rings. The Labute approximate surface area is 79.9 Å². The highest BCUT2D eigenvalue weighted by atomic mass is 32.1. The lowest BCUT2D eigenvalue weighted by Crippen LogP contribution is -2.43. The molecule has 0 spiro atoms. The van der Waals surface area contributed by atoms with Gasteiger partial charge in [-0.15, -0.1) is 16.2 Å². The highest BCUT2D eigenvalue weighted by Gasteiger charge is 2.17. The molecule has 1 aliphatic rings. The van der Waals surface area contributed by atoms with Gasteiger partial charge in [-0.3, -0.25) is 5.01 Å². The Kier molecular flexibility index (Phi) is 2.40. The lowest BCUT2D eigenvalue weighted by Gasteiger charge is -2.30. The van der Waals surface area contributed by atoms with Gasteiger partial charge in [0.15, 0.2) is 5.13 Å². The number of hydrogen-bond donors (Lipinski definition) is 0. The fraction of sp³-hybridized carbons (Fsp3) is 0.571. The van der Waals surface area contributed by atoms with Crippen LogP contribution in [0.4, 0.5) is 5.13 Å². The summed E-state index contributed by atoms with van der Waals surface area (Å²) in [5.41, 5.74) is 0. The summed E-state index contributed by atoms with van der Waals surface area (Å²) >= 11 is 1.63. The molecule has 1 aromatic rings. The van der Waals surface area contributed by atoms with Crippen LogP contribution >= 0.6 is 11.3 Å². The number of anilines is 1. The van der Waals surface area contributed by atoms with E-state index in [4.69, 9.17) is 0 Å². The molecule has 0 saturated carbocycles. The predicted molar refractivity (Wildman–Crippen MR) is 51.7 cm³/mol. The molecule has 0 atom stereocenters. The smallest absolute Gasteiger partial charge is 0.185 e. The van der Waals surface area contributed by atoms with Gasteiger partial charge in [-0.1, -0.05) is 0 Å². The van der Waals surface area contributed by atoms with Crippen molar-refractivity contribution in [3.05, 3.63) is 16.5 Å². The van der Waals surface area contributed by atoms with Crippen LogP contribution in [0.2, 0.25) is 0 Å². The second-order valence-corrected chi connectivity index (χ2v) is 3.71. The zero-order valence-corrected chi connectivity index (χ0v) is 7.90. The van der Waals surface area contributed by atoms with Gasteiger partial charge in [-0.05, 0) is 0 Å². The molecule has 0 aliphatic carbocycles. The molecule has 1 saturated heterocycles. The standard InChI is InChI=1S/C7H10N4OS/c12-9-11-4-2-10(3-5-11)7-8-1-6-13-7/h1,6H,2-5H2. The second kappa shape index (κ2) is 3.69. The number of aromatic nitrogens is 1. The summed E-state index contributed by atoms with van der Waals surface area (Å²) in [6.07, 6.45) is 1.80. The Hall–Kier alpha value is -1.17. The molecule has 0 bridgehead atoms. The quantitative estimate of drug-likeness (QED) is 0.664. The molecule has 0 unspecified atom stereocenters. The van der Waals surface area contributed by atoms with Crippen LogP contribution in [0.3, 0.4) is 0 Å². The molecule has 2 heterocycles. The van der Waals surface area contributed by atoms with E-state index in [2.05, 4.69) is 15.2 Å². The summed E-state index contributed by atoms with van der Waals surface area (Å²) in [5, 5.41) is 7.44. The summed E-state index contributed by atoms with van der Waals surface area (Å²) in [4.78, 5) is 16.6. The molecule has 0 N–H and O–H groups in total. The second-order valence-electron chi connectivity index (χ2n) is 2.84. The van der Waals surface area contributed by atoms with Crippen LogP contribution in [0, 0.1) is 4.91 Å². The first-order valence-corrected chi connectivity index (χ1v) is 5.01. The molecule has 0 aromatic carbocycles. The number of nitrogens with zero attached hydrogens (tertiary/aromatic N) is 4. The van der Waals surface area contributed by atoms with Crippen LogP contribution in [0.5, 0.6) is 0 Å². The van der Waals surface area contributed by atoms with Gasteiger partial charge in [0.2, 0.25) is 0 Å². The number of nitroso groups, excluding NO2 is 1. The first kappa shape index (κ1) is 8.43. The topological polar surface area (TPSA) is 48.8 Å². The Balaban J connectivity index is 1.95. The Bertz CT molecular complexity index is 268. The van der Waals surface area contributed by atoms with Gasteiger partial charge < -0.3 is 4.90 Å². The molecule has 2 rings (SSSR count). The molecule has 1 aromatic heterocycles. The fourth-order valence-corrected chi connectivity index (χ4v) is 2.04. The van der Waals surface area contributed by atoms with E-state index in [9.17, 15) is 4.91 Å². The van der Waals surface area contributed by atoms with E-state index in [0.29, 0.717) is 13.1 Å². The zero-order chi connectivity index (χ0) is 9.10. The van der Waals surface area contributed by atoms with Crippen molar-refractivity contribution in [1.82, 2.24) is 9.99 Å². The van der Waals surface area contributed by atoms with Crippen molar-refractivity contribution in [3.8, 4) is 0 Å². The van der Waals surface area contributed by atoms with Crippen molar-refractivity contribution < 1.29 is 0 Å². The highest BCUT2D eigenvalue weighted by Crippen LogP contribution is 2.18. The molecule has 70 valence electrons. The third-order valence-corrected chi connectivity index (χ3v) is 2.89. The van der Waals surface area contributed by atoms with E-state index in [1.807, 2.05) is 5.38 Å². The lowest BCUT2D eigenvalue weighted by atomic mass is 10.4. The van der Waals surface area contributed by atoms with Gasteiger partial charge in [0.1, 0.15) is 0 Å². The predicted octanol–water partition coefficient (Wildman–Crippen LogP) is 0.947. The molecule has 6 heteroatoms. The van der Waals surface area contributed by atoms with Gasteiger partial charge in [-0.2, -0.15) is 0 Å². The average Bonchev–Trinajstić information content (AvgIpc) is 2.71. The molecular weight excluding hydrogens is 188 g/mol. The van der Waals surface area contributed by atoms with Gasteiger partial charge in [-0.25, -0.2) is 4.98 Å². The minimum absolute atomic E-state index is 0.698. The average molecular weight is 198 g/mol. The third kappa shape index (κ3) is 1.77. The van der Waals surface area contributed by atoms with E-state index in [1.165, 1.54) is 0 Å². The highest BCUT2D eigenvalue weighted by molar-refractivity contribution is 7.13. The van der Waals surface area contributed by atoms with E-state index in [0.717, 1.165) is 18.2 Å². The van der Waals surface area contributed by atoms with E-state index >= 15 is 0 Å². The van der Waals surface area contributed by atoms with E-state index in [-0.39, 0.29) is 0 Å². The molecule has 1 aliphatic heterocycles. The van der Waals surface area contributed by atoms with Gasteiger partial charge in [0, 0.05) is 24.7 Å². The van der Waals surface area contributed by atoms with Crippen LogP contribution in [0.25, 0.3) is 0 Å². The maximum Gasteiger partial charge on any atom is 0.185 e. The summed E-state index contributed by atoms with van der Waals surface area (Å²) in [5.74, 6) is 0. The van der Waals surface area contributed by atoms with Crippen molar-refractivity contribution in [2.24, 2.45) is 5.29 Å². The molecule has 5 nitrogen and oxygen atoms in total. The third-order valence-electron chi connectivity index (χ3n) is 2.06. The van der Waals surface area contributed by atoms with Crippen LogP contribution in [-0.2, 0) is 0 Å². The largest absolute Gasteiger partial charge is 0.344 e. The van der Waals surface area contributed by atoms with Gasteiger partial charge in [0.05, 0.1) is 18.4 Å². The van der Waals surface area contributed by atoms with Crippen LogP contribution < -0.4 is 4.90 Å². The molecule has 0 radical (unpaired) electrons. The number of piperazine rings is 1. The molecule has 13 heavy (non-hydrogen) atoms. The maximum atomic E-state index is 10.2. The van der Waals surface area contributed by atoms with Crippen molar-refractivity contribution >= 4 is 16.5 Å². The molecular formula is C7H10N4OS. The van der Waals surface area contributed by atoms with Crippen molar-refractivity contribution in [1.29, 1.82) is 0 Å². The summed E-state index contributed by atoms with van der Waals surface area (Å²) in [7, 11) is 0. The van der Waals surface area contributed by atoms with Crippen molar-refractivity contribution in [3.63, 3.8) is 0 Å². The minimum atomic E-state index is 0.698. The minimum Gasteiger partial charge on any atom is -0.344 e. The van der Waals surface area contributed by atoms with Crippen LogP contribution in [0.15, 0.2) is 16.9 Å². The van der Waals surface area contributed by atoms with Crippen LogP contribution in [-0.4, -0.2) is 36.2 Å².